The number of anilines is 1. The van der Waals surface area contributed by atoms with Crippen LogP contribution >= 0.6 is 0 Å². The lowest BCUT2D eigenvalue weighted by Gasteiger charge is -2.12. The Balaban J connectivity index is 2.28. The molecule has 0 aromatic heterocycles. The minimum Gasteiger partial charge on any atom is -0.398 e. The second-order valence-corrected chi connectivity index (χ2v) is 5.88. The van der Waals surface area contributed by atoms with Gasteiger partial charge in [-0.05, 0) is 37.5 Å². The van der Waals surface area contributed by atoms with Gasteiger partial charge >= 0.3 is 0 Å². The molecule has 2 nitrogen and oxygen atoms in total. The second-order valence-electron chi connectivity index (χ2n) is 4.17. The number of hydrogen-bond acceptors (Lipinski definition) is 2. The fourth-order valence-electron chi connectivity index (χ4n) is 2.13. The first-order chi connectivity index (χ1) is 7.20. The van der Waals surface area contributed by atoms with Crippen LogP contribution in [-0.4, -0.2) is 9.46 Å². The predicted octanol–water partition coefficient (Wildman–Crippen LogP) is 2.63. The molecule has 0 radical (unpaired) electrons. The van der Waals surface area contributed by atoms with Crippen molar-refractivity contribution in [2.75, 3.05) is 5.73 Å². The van der Waals surface area contributed by atoms with Crippen LogP contribution in [-0.2, 0) is 10.8 Å². The van der Waals surface area contributed by atoms with E-state index in [9.17, 15) is 4.21 Å². The Kier molecular flexibility index (Phi) is 3.10. The minimum atomic E-state index is -0.861. The summed E-state index contributed by atoms with van der Waals surface area (Å²) in [6.07, 6.45) is 4.64. The van der Waals surface area contributed by atoms with Gasteiger partial charge in [0, 0.05) is 15.8 Å². The molecule has 1 aliphatic carbocycles. The first kappa shape index (κ1) is 10.7. The van der Waals surface area contributed by atoms with E-state index in [1.807, 2.05) is 25.1 Å². The van der Waals surface area contributed by atoms with Crippen molar-refractivity contribution in [3.05, 3.63) is 23.8 Å². The van der Waals surface area contributed by atoms with E-state index in [1.54, 1.807) is 0 Å². The Bertz CT molecular complexity index is 383. The van der Waals surface area contributed by atoms with E-state index < -0.39 is 10.8 Å². The first-order valence-corrected chi connectivity index (χ1v) is 6.67. The van der Waals surface area contributed by atoms with Crippen molar-refractivity contribution in [1.29, 1.82) is 0 Å². The van der Waals surface area contributed by atoms with Gasteiger partial charge in [-0.3, -0.25) is 4.21 Å². The van der Waals surface area contributed by atoms with Gasteiger partial charge in [0.2, 0.25) is 0 Å². The number of nitrogen functional groups attached to an aromatic ring is 1. The summed E-state index contributed by atoms with van der Waals surface area (Å²) >= 11 is 0. The Morgan fingerprint density at radius 1 is 1.33 bits per heavy atom. The summed E-state index contributed by atoms with van der Waals surface area (Å²) in [7, 11) is -0.861. The van der Waals surface area contributed by atoms with E-state index in [1.165, 1.54) is 12.8 Å². The molecule has 1 aromatic rings. The SMILES string of the molecule is Cc1c(N)cccc1S(=O)C1CCCC1. The Morgan fingerprint density at radius 2 is 2.00 bits per heavy atom. The smallest absolute Gasteiger partial charge is 0.0564 e. The molecule has 1 atom stereocenters. The number of hydrogen-bond donors (Lipinski definition) is 1. The number of nitrogens with two attached hydrogens (primary N) is 1. The molecular weight excluding hydrogens is 206 g/mol. The number of rotatable bonds is 2. The quantitative estimate of drug-likeness (QED) is 0.783. The third-order valence-corrected chi connectivity index (χ3v) is 5.10. The molecule has 82 valence electrons. The fourth-order valence-corrected chi connectivity index (χ4v) is 3.88. The van der Waals surface area contributed by atoms with Gasteiger partial charge in [-0.25, -0.2) is 0 Å². The lowest BCUT2D eigenvalue weighted by atomic mass is 10.2. The molecule has 0 heterocycles. The highest BCUT2D eigenvalue weighted by Gasteiger charge is 2.23. The predicted molar refractivity (Wildman–Crippen MR) is 64.3 cm³/mol. The van der Waals surface area contributed by atoms with Crippen molar-refractivity contribution < 1.29 is 4.21 Å². The van der Waals surface area contributed by atoms with Crippen LogP contribution in [0.5, 0.6) is 0 Å². The molecule has 15 heavy (non-hydrogen) atoms. The zero-order valence-electron chi connectivity index (χ0n) is 9.03. The molecule has 1 saturated carbocycles. The van der Waals surface area contributed by atoms with Crippen molar-refractivity contribution in [3.63, 3.8) is 0 Å². The second kappa shape index (κ2) is 4.35. The summed E-state index contributed by atoms with van der Waals surface area (Å²) in [5, 5.41) is 0.352. The average Bonchev–Trinajstić information content (AvgIpc) is 2.74. The third-order valence-electron chi connectivity index (χ3n) is 3.15. The van der Waals surface area contributed by atoms with E-state index in [0.717, 1.165) is 29.0 Å². The fraction of sp³-hybridized carbons (Fsp3) is 0.500. The van der Waals surface area contributed by atoms with Gasteiger partial charge in [-0.2, -0.15) is 0 Å². The Labute approximate surface area is 93.3 Å². The molecular formula is C12H17NOS. The van der Waals surface area contributed by atoms with Gasteiger partial charge in [-0.1, -0.05) is 18.9 Å². The van der Waals surface area contributed by atoms with Gasteiger partial charge in [0.15, 0.2) is 0 Å². The molecule has 0 bridgehead atoms. The van der Waals surface area contributed by atoms with Gasteiger partial charge in [0.25, 0.3) is 0 Å². The lowest BCUT2D eigenvalue weighted by Crippen LogP contribution is -2.12. The van der Waals surface area contributed by atoms with Crippen LogP contribution in [0, 0.1) is 6.92 Å². The highest BCUT2D eigenvalue weighted by Crippen LogP contribution is 2.29. The normalized spacial score (nSPS) is 19.3. The maximum atomic E-state index is 12.3. The van der Waals surface area contributed by atoms with E-state index in [-0.39, 0.29) is 0 Å². The van der Waals surface area contributed by atoms with Gasteiger partial charge in [0.05, 0.1) is 10.8 Å². The van der Waals surface area contributed by atoms with Crippen LogP contribution in [0.2, 0.25) is 0 Å². The molecule has 1 fully saturated rings. The van der Waals surface area contributed by atoms with Crippen molar-refractivity contribution in [1.82, 2.24) is 0 Å². The summed E-state index contributed by atoms with van der Waals surface area (Å²) in [4.78, 5) is 0.932. The summed E-state index contributed by atoms with van der Waals surface area (Å²) in [6.45, 7) is 1.96. The molecule has 0 amide bonds. The van der Waals surface area contributed by atoms with Crippen LogP contribution < -0.4 is 5.73 Å². The summed E-state index contributed by atoms with van der Waals surface area (Å²) in [5.74, 6) is 0. The highest BCUT2D eigenvalue weighted by molar-refractivity contribution is 7.85. The lowest BCUT2D eigenvalue weighted by molar-refractivity contribution is 0.668. The molecule has 1 aromatic carbocycles. The highest BCUT2D eigenvalue weighted by atomic mass is 32.2. The van der Waals surface area contributed by atoms with E-state index in [4.69, 9.17) is 5.73 Å². The summed E-state index contributed by atoms with van der Waals surface area (Å²) in [5.41, 5.74) is 7.56. The minimum absolute atomic E-state index is 0.352. The molecule has 1 aliphatic rings. The Hall–Kier alpha value is -0.830. The molecule has 3 heteroatoms. The van der Waals surface area contributed by atoms with Crippen LogP contribution in [0.3, 0.4) is 0 Å². The van der Waals surface area contributed by atoms with Crippen molar-refractivity contribution >= 4 is 16.5 Å². The largest absolute Gasteiger partial charge is 0.398 e. The molecule has 0 saturated heterocycles. The van der Waals surface area contributed by atoms with Crippen molar-refractivity contribution in [2.45, 2.75) is 42.8 Å². The topological polar surface area (TPSA) is 43.1 Å². The van der Waals surface area contributed by atoms with Crippen LogP contribution in [0.1, 0.15) is 31.2 Å². The molecule has 0 aliphatic heterocycles. The zero-order valence-corrected chi connectivity index (χ0v) is 9.85. The van der Waals surface area contributed by atoms with Crippen molar-refractivity contribution in [2.24, 2.45) is 0 Å². The maximum absolute atomic E-state index is 12.3. The van der Waals surface area contributed by atoms with Crippen LogP contribution in [0.25, 0.3) is 0 Å². The zero-order chi connectivity index (χ0) is 10.8. The number of benzene rings is 1. The van der Waals surface area contributed by atoms with Gasteiger partial charge < -0.3 is 5.73 Å². The van der Waals surface area contributed by atoms with Gasteiger partial charge in [-0.15, -0.1) is 0 Å². The van der Waals surface area contributed by atoms with E-state index in [2.05, 4.69) is 0 Å². The first-order valence-electron chi connectivity index (χ1n) is 5.46. The summed E-state index contributed by atoms with van der Waals surface area (Å²) < 4.78 is 12.3. The van der Waals surface area contributed by atoms with Crippen LogP contribution in [0.15, 0.2) is 23.1 Å². The van der Waals surface area contributed by atoms with Crippen LogP contribution in [0.4, 0.5) is 5.69 Å². The average molecular weight is 223 g/mol. The standard InChI is InChI=1S/C12H17NOS/c1-9-11(13)7-4-8-12(9)15(14)10-5-2-3-6-10/h4,7-8,10H,2-3,5-6,13H2,1H3. The van der Waals surface area contributed by atoms with E-state index >= 15 is 0 Å². The molecule has 0 spiro atoms. The van der Waals surface area contributed by atoms with Gasteiger partial charge in [0.1, 0.15) is 0 Å². The van der Waals surface area contributed by atoms with E-state index in [0.29, 0.717) is 5.25 Å². The monoisotopic (exact) mass is 223 g/mol. The molecule has 2 N–H and O–H groups in total. The Morgan fingerprint density at radius 3 is 2.67 bits per heavy atom. The molecule has 1 unspecified atom stereocenters. The third kappa shape index (κ3) is 2.07. The molecule has 2 rings (SSSR count). The summed E-state index contributed by atoms with van der Waals surface area (Å²) in [6, 6.07) is 5.70. The maximum Gasteiger partial charge on any atom is 0.0564 e. The van der Waals surface area contributed by atoms with Crippen molar-refractivity contribution in [3.8, 4) is 0 Å².